The SMILES string of the molecule is CC1C2CN(C(=O)CCCC(=O)N3CC[C@@]4(C)C3=CC(=O)c3ccccc34)C3=CC(=O)c4ccccc4C312. The van der Waals surface area contributed by atoms with Gasteiger partial charge in [-0.25, -0.2) is 0 Å². The van der Waals surface area contributed by atoms with Crippen LogP contribution < -0.4 is 0 Å². The molecule has 5 aliphatic rings. The van der Waals surface area contributed by atoms with Gasteiger partial charge in [-0.15, -0.1) is 0 Å². The van der Waals surface area contributed by atoms with E-state index in [0.717, 1.165) is 34.5 Å². The Morgan fingerprint density at radius 3 is 2.13 bits per heavy atom. The topological polar surface area (TPSA) is 74.8 Å². The summed E-state index contributed by atoms with van der Waals surface area (Å²) in [6.07, 6.45) is 5.00. The fourth-order valence-corrected chi connectivity index (χ4v) is 7.86. The van der Waals surface area contributed by atoms with Gasteiger partial charge in [0.05, 0.1) is 0 Å². The number of hydrogen-bond acceptors (Lipinski definition) is 4. The van der Waals surface area contributed by atoms with E-state index in [1.165, 1.54) is 0 Å². The van der Waals surface area contributed by atoms with E-state index in [0.29, 0.717) is 36.9 Å². The molecule has 192 valence electrons. The third-order valence-corrected chi connectivity index (χ3v) is 9.93. The van der Waals surface area contributed by atoms with Crippen LogP contribution in [-0.4, -0.2) is 46.3 Å². The van der Waals surface area contributed by atoms with Crippen LogP contribution in [0, 0.1) is 11.8 Å². The molecule has 3 aliphatic carbocycles. The van der Waals surface area contributed by atoms with Crippen molar-refractivity contribution in [2.24, 2.45) is 11.8 Å². The molecule has 2 saturated heterocycles. The molecule has 0 aromatic heterocycles. The minimum absolute atomic E-state index is 0.0257. The van der Waals surface area contributed by atoms with Crippen LogP contribution in [0.1, 0.15) is 71.4 Å². The van der Waals surface area contributed by atoms with Gasteiger partial charge in [-0.3, -0.25) is 19.2 Å². The van der Waals surface area contributed by atoms with Crippen LogP contribution in [-0.2, 0) is 20.4 Å². The molecule has 38 heavy (non-hydrogen) atoms. The average molecular weight is 507 g/mol. The van der Waals surface area contributed by atoms with E-state index < -0.39 is 0 Å². The first-order chi connectivity index (χ1) is 18.3. The van der Waals surface area contributed by atoms with E-state index in [1.54, 1.807) is 22.0 Å². The number of likely N-dealkylation sites (tertiary alicyclic amines) is 2. The quantitative estimate of drug-likeness (QED) is 0.610. The number of ketones is 2. The average Bonchev–Trinajstić information content (AvgIpc) is 3.18. The van der Waals surface area contributed by atoms with Crippen molar-refractivity contribution in [1.29, 1.82) is 0 Å². The summed E-state index contributed by atoms with van der Waals surface area (Å²) in [6.45, 7) is 5.51. The number of carbonyl (C=O) groups excluding carboxylic acids is 4. The summed E-state index contributed by atoms with van der Waals surface area (Å²) in [7, 11) is 0. The summed E-state index contributed by atoms with van der Waals surface area (Å²) in [5.41, 5.74) is 4.54. The molecule has 6 nitrogen and oxygen atoms in total. The lowest BCUT2D eigenvalue weighted by atomic mass is 9.72. The zero-order valence-electron chi connectivity index (χ0n) is 21.7. The fourth-order valence-electron chi connectivity index (χ4n) is 7.86. The number of piperidine rings is 1. The highest BCUT2D eigenvalue weighted by Gasteiger charge is 2.72. The van der Waals surface area contributed by atoms with E-state index >= 15 is 0 Å². The maximum absolute atomic E-state index is 13.3. The third-order valence-electron chi connectivity index (χ3n) is 9.93. The lowest BCUT2D eigenvalue weighted by Gasteiger charge is -2.33. The largest absolute Gasteiger partial charge is 0.315 e. The highest BCUT2D eigenvalue weighted by molar-refractivity contribution is 6.10. The Kier molecular flexibility index (Phi) is 4.82. The molecule has 7 rings (SSSR count). The Morgan fingerprint density at radius 2 is 1.42 bits per heavy atom. The molecule has 0 N–H and O–H groups in total. The second-order valence-electron chi connectivity index (χ2n) is 11.6. The Balaban J connectivity index is 1.04. The number of nitrogens with zero attached hydrogens (tertiary/aromatic N) is 2. The van der Waals surface area contributed by atoms with Crippen molar-refractivity contribution in [3.05, 3.63) is 94.3 Å². The molecule has 0 radical (unpaired) electrons. The van der Waals surface area contributed by atoms with Crippen molar-refractivity contribution < 1.29 is 19.2 Å². The van der Waals surface area contributed by atoms with Crippen molar-refractivity contribution in [2.75, 3.05) is 13.1 Å². The van der Waals surface area contributed by atoms with Crippen molar-refractivity contribution >= 4 is 23.4 Å². The molecule has 2 aromatic carbocycles. The number of hydrogen-bond donors (Lipinski definition) is 0. The van der Waals surface area contributed by atoms with Gasteiger partial charge in [0.15, 0.2) is 11.6 Å². The number of amides is 2. The van der Waals surface area contributed by atoms with E-state index in [-0.39, 0.29) is 47.1 Å². The van der Waals surface area contributed by atoms with Crippen molar-refractivity contribution in [2.45, 2.75) is 50.4 Å². The van der Waals surface area contributed by atoms with Gasteiger partial charge in [-0.05, 0) is 42.7 Å². The molecule has 1 spiro atoms. The predicted octanol–water partition coefficient (Wildman–Crippen LogP) is 4.55. The first-order valence-electron chi connectivity index (χ1n) is 13.6. The molecule has 6 heteroatoms. The molecule has 3 unspecified atom stereocenters. The molecule has 2 heterocycles. The molecule has 2 aliphatic heterocycles. The molecule has 2 aromatic rings. The monoisotopic (exact) mass is 506 g/mol. The number of rotatable bonds is 4. The van der Waals surface area contributed by atoms with Gasteiger partial charge in [0, 0.05) is 71.4 Å². The van der Waals surface area contributed by atoms with Gasteiger partial charge in [-0.2, -0.15) is 0 Å². The Hall–Kier alpha value is -3.80. The molecular weight excluding hydrogens is 476 g/mol. The molecule has 4 atom stereocenters. The highest BCUT2D eigenvalue weighted by atomic mass is 16.2. The summed E-state index contributed by atoms with van der Waals surface area (Å²) in [6, 6.07) is 15.4. The van der Waals surface area contributed by atoms with E-state index in [1.807, 2.05) is 48.5 Å². The van der Waals surface area contributed by atoms with Gasteiger partial charge in [0.25, 0.3) is 0 Å². The second kappa shape index (κ2) is 7.85. The number of carbonyl (C=O) groups is 4. The molecule has 3 fully saturated rings. The van der Waals surface area contributed by atoms with Crippen LogP contribution in [0.25, 0.3) is 0 Å². The van der Waals surface area contributed by atoms with Crippen LogP contribution in [0.15, 0.2) is 72.1 Å². The third kappa shape index (κ3) is 2.89. The van der Waals surface area contributed by atoms with Crippen LogP contribution in [0.3, 0.4) is 0 Å². The maximum Gasteiger partial charge on any atom is 0.226 e. The summed E-state index contributed by atoms with van der Waals surface area (Å²) in [5, 5.41) is 0. The fraction of sp³-hybridized carbons (Fsp3) is 0.375. The van der Waals surface area contributed by atoms with Gasteiger partial charge in [-0.1, -0.05) is 55.5 Å². The number of allylic oxidation sites excluding steroid dienone is 4. The van der Waals surface area contributed by atoms with Gasteiger partial charge in [0.1, 0.15) is 0 Å². The lowest BCUT2D eigenvalue weighted by Crippen LogP contribution is -2.36. The molecule has 2 amide bonds. The summed E-state index contributed by atoms with van der Waals surface area (Å²) < 4.78 is 0. The standard InChI is InChI=1S/C32H30N2O4/c1-19-24-18-34(28-17-26(36)21-9-4-6-11-23(21)32(19,24)28)30(38)13-7-12-29(37)33-15-14-31(2)22-10-5-3-8-20(22)25(35)16-27(31)33/h3-6,8-11,16-17,19,24H,7,12-15,18H2,1-2H3/t19?,24?,31-,32?/m1/s1. The molecule has 1 saturated carbocycles. The van der Waals surface area contributed by atoms with Gasteiger partial charge in [0.2, 0.25) is 11.8 Å². The Bertz CT molecular complexity index is 1520. The number of benzene rings is 2. The summed E-state index contributed by atoms with van der Waals surface area (Å²) in [4.78, 5) is 55.8. The van der Waals surface area contributed by atoms with Gasteiger partial charge < -0.3 is 9.80 Å². The summed E-state index contributed by atoms with van der Waals surface area (Å²) in [5.74, 6) is 0.556. The Labute approximate surface area is 222 Å². The van der Waals surface area contributed by atoms with E-state index in [4.69, 9.17) is 0 Å². The Morgan fingerprint density at radius 1 is 0.842 bits per heavy atom. The van der Waals surface area contributed by atoms with Crippen LogP contribution >= 0.6 is 0 Å². The van der Waals surface area contributed by atoms with E-state index in [2.05, 4.69) is 13.8 Å². The first kappa shape index (κ1) is 23.3. The number of fused-ring (bicyclic) bond motifs is 4. The minimum atomic E-state index is -0.353. The highest BCUT2D eigenvalue weighted by Crippen LogP contribution is 2.70. The molecule has 0 bridgehead atoms. The van der Waals surface area contributed by atoms with Crippen LogP contribution in [0.2, 0.25) is 0 Å². The second-order valence-corrected chi connectivity index (χ2v) is 11.6. The predicted molar refractivity (Wildman–Crippen MR) is 141 cm³/mol. The smallest absolute Gasteiger partial charge is 0.226 e. The summed E-state index contributed by atoms with van der Waals surface area (Å²) >= 11 is 0. The van der Waals surface area contributed by atoms with Crippen molar-refractivity contribution in [3.63, 3.8) is 0 Å². The zero-order valence-corrected chi connectivity index (χ0v) is 21.7. The maximum atomic E-state index is 13.3. The van der Waals surface area contributed by atoms with Crippen molar-refractivity contribution in [1.82, 2.24) is 9.80 Å². The zero-order chi connectivity index (χ0) is 26.4. The van der Waals surface area contributed by atoms with E-state index in [9.17, 15) is 19.2 Å². The van der Waals surface area contributed by atoms with Crippen LogP contribution in [0.4, 0.5) is 0 Å². The lowest BCUT2D eigenvalue weighted by molar-refractivity contribution is -0.130. The first-order valence-corrected chi connectivity index (χ1v) is 13.6. The van der Waals surface area contributed by atoms with Crippen molar-refractivity contribution in [3.8, 4) is 0 Å². The van der Waals surface area contributed by atoms with Crippen LogP contribution in [0.5, 0.6) is 0 Å². The minimum Gasteiger partial charge on any atom is -0.315 e. The normalized spacial score (nSPS) is 30.1. The molecular formula is C32H30N2O4. The van der Waals surface area contributed by atoms with Gasteiger partial charge >= 0.3 is 0 Å².